The predicted molar refractivity (Wildman–Crippen MR) is 96.5 cm³/mol. The number of aromatic nitrogens is 6. The van der Waals surface area contributed by atoms with Crippen LogP contribution in [0, 0.1) is 5.92 Å². The van der Waals surface area contributed by atoms with E-state index in [4.69, 9.17) is 0 Å². The van der Waals surface area contributed by atoms with Gasteiger partial charge in [0.25, 0.3) is 5.91 Å². The van der Waals surface area contributed by atoms with Gasteiger partial charge in [-0.3, -0.25) is 4.79 Å². The highest BCUT2D eigenvalue weighted by atomic mass is 16.1. The van der Waals surface area contributed by atoms with Crippen molar-refractivity contribution in [3.05, 3.63) is 54.0 Å². The molecule has 26 heavy (non-hydrogen) atoms. The van der Waals surface area contributed by atoms with Crippen LogP contribution in [0.1, 0.15) is 42.5 Å². The van der Waals surface area contributed by atoms with Crippen molar-refractivity contribution in [1.29, 1.82) is 0 Å². The topological polar surface area (TPSA) is 101 Å². The molecule has 0 bridgehead atoms. The molecule has 0 aliphatic rings. The molecule has 8 nitrogen and oxygen atoms in total. The summed E-state index contributed by atoms with van der Waals surface area (Å²) in [6, 6.07) is 11.0. The molecule has 0 aliphatic heterocycles. The van der Waals surface area contributed by atoms with Crippen molar-refractivity contribution in [3.63, 3.8) is 0 Å². The Morgan fingerprint density at radius 2 is 2.15 bits per heavy atom. The third-order valence-corrected chi connectivity index (χ3v) is 4.66. The fourth-order valence-corrected chi connectivity index (χ4v) is 2.94. The number of carbonyl (C=O) groups excluding carboxylic acids is 1. The van der Waals surface area contributed by atoms with Gasteiger partial charge in [-0.05, 0) is 40.6 Å². The average Bonchev–Trinajstić information content (AvgIpc) is 3.30. The maximum Gasteiger partial charge on any atom is 0.252 e. The van der Waals surface area contributed by atoms with Crippen LogP contribution in [0.5, 0.6) is 0 Å². The third kappa shape index (κ3) is 2.90. The summed E-state index contributed by atoms with van der Waals surface area (Å²) in [7, 11) is 0. The van der Waals surface area contributed by atoms with Gasteiger partial charge in [0, 0.05) is 11.8 Å². The number of H-pyrrole nitrogens is 1. The Hall–Kier alpha value is -3.29. The highest BCUT2D eigenvalue weighted by Gasteiger charge is 2.24. The Balaban J connectivity index is 1.64. The van der Waals surface area contributed by atoms with Crippen LogP contribution in [-0.4, -0.2) is 35.9 Å². The van der Waals surface area contributed by atoms with Crippen LogP contribution in [0.2, 0.25) is 0 Å². The second-order valence-corrected chi connectivity index (χ2v) is 6.37. The Morgan fingerprint density at radius 3 is 2.96 bits per heavy atom. The SMILES string of the molecule is CC[C@H](C)[C@H](NC(=O)c1ccn2nnnc2c1)c1nc2ccccc2[nH]1. The molecule has 8 heteroatoms. The standard InChI is InChI=1S/C18H19N7O/c1-3-11(2)16(17-19-13-6-4-5-7-14(13)20-17)21-18(26)12-8-9-25-15(10-12)22-23-24-25/h4-11,16H,3H2,1-2H3,(H,19,20)(H,21,26)/t11-,16-/m0/s1. The maximum atomic E-state index is 12.8. The van der Waals surface area contributed by atoms with Gasteiger partial charge in [-0.25, -0.2) is 9.50 Å². The summed E-state index contributed by atoms with van der Waals surface area (Å²) in [4.78, 5) is 20.8. The third-order valence-electron chi connectivity index (χ3n) is 4.66. The molecule has 0 aliphatic carbocycles. The Morgan fingerprint density at radius 1 is 1.31 bits per heavy atom. The number of hydrogen-bond donors (Lipinski definition) is 2. The molecule has 2 N–H and O–H groups in total. The fourth-order valence-electron chi connectivity index (χ4n) is 2.94. The highest BCUT2D eigenvalue weighted by molar-refractivity contribution is 5.95. The number of aromatic amines is 1. The molecule has 0 saturated carbocycles. The van der Waals surface area contributed by atoms with Crippen molar-refractivity contribution in [2.45, 2.75) is 26.3 Å². The summed E-state index contributed by atoms with van der Waals surface area (Å²) in [5.74, 6) is 0.804. The van der Waals surface area contributed by atoms with Crippen molar-refractivity contribution >= 4 is 22.6 Å². The molecule has 3 aromatic heterocycles. The molecular weight excluding hydrogens is 330 g/mol. The lowest BCUT2D eigenvalue weighted by atomic mass is 9.98. The molecular formula is C18H19N7O. The van der Waals surface area contributed by atoms with Gasteiger partial charge >= 0.3 is 0 Å². The zero-order chi connectivity index (χ0) is 18.1. The van der Waals surface area contributed by atoms with E-state index in [-0.39, 0.29) is 17.9 Å². The number of hydrogen-bond acceptors (Lipinski definition) is 5. The number of tetrazole rings is 1. The number of pyridine rings is 1. The molecule has 2 atom stereocenters. The zero-order valence-electron chi connectivity index (χ0n) is 14.5. The predicted octanol–water partition coefficient (Wildman–Crippen LogP) is 2.52. The number of nitrogens with one attached hydrogen (secondary N) is 2. The number of amides is 1. The molecule has 0 unspecified atom stereocenters. The molecule has 0 spiro atoms. The van der Waals surface area contributed by atoms with Crippen LogP contribution < -0.4 is 5.32 Å². The van der Waals surface area contributed by atoms with Crippen molar-refractivity contribution < 1.29 is 4.79 Å². The zero-order valence-corrected chi connectivity index (χ0v) is 14.5. The largest absolute Gasteiger partial charge is 0.342 e. The number of nitrogens with zero attached hydrogens (tertiary/aromatic N) is 5. The first kappa shape index (κ1) is 16.2. The molecule has 0 radical (unpaired) electrons. The monoisotopic (exact) mass is 349 g/mol. The lowest BCUT2D eigenvalue weighted by molar-refractivity contribution is 0.0920. The first-order valence-corrected chi connectivity index (χ1v) is 8.59. The lowest BCUT2D eigenvalue weighted by Crippen LogP contribution is -2.33. The Kier molecular flexibility index (Phi) is 4.08. The van der Waals surface area contributed by atoms with Crippen LogP contribution in [0.25, 0.3) is 16.7 Å². The van der Waals surface area contributed by atoms with Gasteiger partial charge in [-0.2, -0.15) is 0 Å². The summed E-state index contributed by atoms with van der Waals surface area (Å²) >= 11 is 0. The van der Waals surface area contributed by atoms with E-state index in [9.17, 15) is 4.79 Å². The maximum absolute atomic E-state index is 12.8. The van der Waals surface area contributed by atoms with Gasteiger partial charge in [-0.15, -0.1) is 5.10 Å². The molecule has 1 aromatic carbocycles. The first-order valence-electron chi connectivity index (χ1n) is 8.59. The van der Waals surface area contributed by atoms with Crippen LogP contribution in [0.4, 0.5) is 0 Å². The van der Waals surface area contributed by atoms with E-state index in [0.717, 1.165) is 23.3 Å². The van der Waals surface area contributed by atoms with E-state index in [1.165, 1.54) is 4.52 Å². The second-order valence-electron chi connectivity index (χ2n) is 6.37. The number of fused-ring (bicyclic) bond motifs is 2. The first-order chi connectivity index (χ1) is 12.7. The fraction of sp³-hybridized carbons (Fsp3) is 0.278. The van der Waals surface area contributed by atoms with Gasteiger partial charge in [-0.1, -0.05) is 32.4 Å². The summed E-state index contributed by atoms with van der Waals surface area (Å²) in [5, 5.41) is 14.4. The van der Waals surface area contributed by atoms with E-state index in [1.54, 1.807) is 18.3 Å². The highest BCUT2D eigenvalue weighted by Crippen LogP contribution is 2.25. The van der Waals surface area contributed by atoms with E-state index in [2.05, 4.69) is 44.7 Å². The number of rotatable bonds is 5. The smallest absolute Gasteiger partial charge is 0.252 e. The molecule has 4 rings (SSSR count). The normalized spacial score (nSPS) is 13.8. The summed E-state index contributed by atoms with van der Waals surface area (Å²) in [6.07, 6.45) is 2.58. The molecule has 0 saturated heterocycles. The minimum Gasteiger partial charge on any atom is -0.342 e. The number of para-hydroxylation sites is 2. The molecule has 1 amide bonds. The number of carbonyl (C=O) groups is 1. The Bertz CT molecular complexity index is 1030. The molecule has 3 heterocycles. The van der Waals surface area contributed by atoms with E-state index in [1.807, 2.05) is 24.3 Å². The summed E-state index contributed by atoms with van der Waals surface area (Å²) < 4.78 is 1.52. The van der Waals surface area contributed by atoms with Gasteiger partial charge in [0.1, 0.15) is 5.82 Å². The van der Waals surface area contributed by atoms with Gasteiger partial charge in [0.15, 0.2) is 5.65 Å². The van der Waals surface area contributed by atoms with Gasteiger partial charge in [0.05, 0.1) is 17.1 Å². The van der Waals surface area contributed by atoms with Gasteiger partial charge in [0.2, 0.25) is 0 Å². The second kappa shape index (κ2) is 6.55. The minimum atomic E-state index is -0.216. The van der Waals surface area contributed by atoms with Crippen molar-refractivity contribution in [2.75, 3.05) is 0 Å². The van der Waals surface area contributed by atoms with Crippen molar-refractivity contribution in [2.24, 2.45) is 5.92 Å². The number of imidazole rings is 1. The summed E-state index contributed by atoms with van der Waals surface area (Å²) in [6.45, 7) is 4.20. The number of benzene rings is 1. The van der Waals surface area contributed by atoms with Crippen molar-refractivity contribution in [1.82, 2.24) is 35.3 Å². The van der Waals surface area contributed by atoms with Crippen molar-refractivity contribution in [3.8, 4) is 0 Å². The lowest BCUT2D eigenvalue weighted by Gasteiger charge is -2.22. The Labute approximate surface area is 149 Å². The van der Waals surface area contributed by atoms with E-state index in [0.29, 0.717) is 11.2 Å². The average molecular weight is 349 g/mol. The van der Waals surface area contributed by atoms with E-state index < -0.39 is 0 Å². The quantitative estimate of drug-likeness (QED) is 0.576. The van der Waals surface area contributed by atoms with E-state index >= 15 is 0 Å². The minimum absolute atomic E-state index is 0.179. The summed E-state index contributed by atoms with van der Waals surface area (Å²) in [5.41, 5.74) is 2.89. The molecule has 0 fully saturated rings. The van der Waals surface area contributed by atoms with Crippen LogP contribution in [0.15, 0.2) is 42.6 Å². The van der Waals surface area contributed by atoms with Crippen LogP contribution in [0.3, 0.4) is 0 Å². The van der Waals surface area contributed by atoms with Crippen LogP contribution in [-0.2, 0) is 0 Å². The van der Waals surface area contributed by atoms with Crippen LogP contribution >= 0.6 is 0 Å². The molecule has 132 valence electrons. The van der Waals surface area contributed by atoms with Gasteiger partial charge < -0.3 is 10.3 Å². The molecule has 4 aromatic rings.